The maximum absolute atomic E-state index is 13.3. The number of benzene rings is 1. The third-order valence-electron chi connectivity index (χ3n) is 6.51. The molecule has 4 rings (SSSR count). The summed E-state index contributed by atoms with van der Waals surface area (Å²) in [5.74, 6) is 1.13. The second-order valence-electron chi connectivity index (χ2n) is 9.32. The Hall–Kier alpha value is -2.76. The molecule has 2 heterocycles. The average Bonchev–Trinajstić information content (AvgIpc) is 3.66. The second kappa shape index (κ2) is 10.1. The summed E-state index contributed by atoms with van der Waals surface area (Å²) in [7, 11) is -3.41. The number of amides is 2. The topological polar surface area (TPSA) is 134 Å². The van der Waals surface area contributed by atoms with Gasteiger partial charge in [0.15, 0.2) is 15.7 Å². The first kappa shape index (κ1) is 25.3. The first-order valence-electron chi connectivity index (χ1n) is 11.9. The van der Waals surface area contributed by atoms with Gasteiger partial charge < -0.3 is 25.4 Å². The van der Waals surface area contributed by atoms with E-state index in [0.717, 1.165) is 0 Å². The number of aliphatic hydroxyl groups excluding tert-OH is 1. The van der Waals surface area contributed by atoms with Crippen LogP contribution in [0.15, 0.2) is 30.3 Å². The van der Waals surface area contributed by atoms with E-state index in [-0.39, 0.29) is 19.2 Å². The van der Waals surface area contributed by atoms with E-state index in [1.54, 1.807) is 38.1 Å². The van der Waals surface area contributed by atoms with Crippen molar-refractivity contribution in [3.05, 3.63) is 36.0 Å². The lowest BCUT2D eigenvalue weighted by Gasteiger charge is -2.35. The Kier molecular flexibility index (Phi) is 7.30. The second-order valence-corrected chi connectivity index (χ2v) is 12.1. The van der Waals surface area contributed by atoms with Crippen molar-refractivity contribution in [3.63, 3.8) is 0 Å². The zero-order chi connectivity index (χ0) is 25.2. The Morgan fingerprint density at radius 2 is 1.97 bits per heavy atom. The van der Waals surface area contributed by atoms with E-state index in [0.29, 0.717) is 61.2 Å². The van der Waals surface area contributed by atoms with Crippen LogP contribution in [0.1, 0.15) is 39.3 Å². The SMILES string of the molecule is CC(C)S(=O)(=O)C1(c2cc(N3CCOC[C@@H]3C)nc(-c3ccc(NC(=O)NCCO)cc3)n2)CC1. The van der Waals surface area contributed by atoms with Crippen LogP contribution in [0.4, 0.5) is 16.3 Å². The molecule has 1 aliphatic heterocycles. The Morgan fingerprint density at radius 3 is 2.57 bits per heavy atom. The predicted molar refractivity (Wildman–Crippen MR) is 134 cm³/mol. The maximum Gasteiger partial charge on any atom is 0.319 e. The molecule has 2 aliphatic rings. The number of hydrogen-bond donors (Lipinski definition) is 3. The van der Waals surface area contributed by atoms with Crippen molar-refractivity contribution in [2.24, 2.45) is 0 Å². The van der Waals surface area contributed by atoms with Gasteiger partial charge >= 0.3 is 6.03 Å². The van der Waals surface area contributed by atoms with Gasteiger partial charge in [0.2, 0.25) is 0 Å². The highest BCUT2D eigenvalue weighted by atomic mass is 32.2. The van der Waals surface area contributed by atoms with Gasteiger partial charge in [-0.15, -0.1) is 0 Å². The number of anilines is 2. The molecule has 1 atom stereocenters. The molecule has 11 heteroatoms. The number of ether oxygens (including phenoxy) is 1. The molecule has 35 heavy (non-hydrogen) atoms. The summed E-state index contributed by atoms with van der Waals surface area (Å²) in [6, 6.07) is 8.58. The summed E-state index contributed by atoms with van der Waals surface area (Å²) in [6.07, 6.45) is 1.10. The molecule has 2 amide bonds. The number of aliphatic hydroxyl groups is 1. The monoisotopic (exact) mass is 503 g/mol. The molecule has 1 aliphatic carbocycles. The molecule has 0 bridgehead atoms. The van der Waals surface area contributed by atoms with Crippen LogP contribution < -0.4 is 15.5 Å². The molecule has 190 valence electrons. The van der Waals surface area contributed by atoms with Crippen LogP contribution in [0.25, 0.3) is 11.4 Å². The Labute approximate surface area is 206 Å². The summed E-state index contributed by atoms with van der Waals surface area (Å²) in [6.45, 7) is 7.31. The first-order valence-corrected chi connectivity index (χ1v) is 13.5. The van der Waals surface area contributed by atoms with E-state index in [9.17, 15) is 13.2 Å². The Balaban J connectivity index is 1.71. The number of urea groups is 1. The van der Waals surface area contributed by atoms with Gasteiger partial charge in [0.05, 0.1) is 36.8 Å². The van der Waals surface area contributed by atoms with Crippen molar-refractivity contribution in [2.75, 3.05) is 43.1 Å². The average molecular weight is 504 g/mol. The number of carbonyl (C=O) groups excluding carboxylic acids is 1. The molecule has 0 unspecified atom stereocenters. The summed E-state index contributed by atoms with van der Waals surface area (Å²) in [5.41, 5.74) is 1.83. The van der Waals surface area contributed by atoms with Crippen molar-refractivity contribution in [1.29, 1.82) is 0 Å². The van der Waals surface area contributed by atoms with Gasteiger partial charge in [-0.05, 0) is 57.9 Å². The Bertz CT molecular complexity index is 1170. The lowest BCUT2D eigenvalue weighted by atomic mass is 10.1. The van der Waals surface area contributed by atoms with Gasteiger partial charge in [-0.1, -0.05) is 0 Å². The van der Waals surface area contributed by atoms with Crippen LogP contribution in [-0.2, 0) is 19.3 Å². The van der Waals surface area contributed by atoms with Crippen LogP contribution in [0, 0.1) is 0 Å². The van der Waals surface area contributed by atoms with E-state index in [1.165, 1.54) is 0 Å². The molecular weight excluding hydrogens is 470 g/mol. The van der Waals surface area contributed by atoms with Crippen LogP contribution >= 0.6 is 0 Å². The lowest BCUT2D eigenvalue weighted by molar-refractivity contribution is 0.0985. The molecular formula is C24H33N5O5S. The van der Waals surface area contributed by atoms with Crippen LogP contribution in [0.5, 0.6) is 0 Å². The fourth-order valence-corrected chi connectivity index (χ4v) is 6.28. The molecule has 2 fully saturated rings. The fourth-order valence-electron chi connectivity index (χ4n) is 4.31. The first-order chi connectivity index (χ1) is 16.7. The minimum absolute atomic E-state index is 0.0974. The molecule has 3 N–H and O–H groups in total. The number of morpholine rings is 1. The molecule has 10 nitrogen and oxygen atoms in total. The number of hydrogen-bond acceptors (Lipinski definition) is 8. The zero-order valence-corrected chi connectivity index (χ0v) is 21.1. The number of nitrogens with zero attached hydrogens (tertiary/aromatic N) is 3. The van der Waals surface area contributed by atoms with Gasteiger partial charge in [-0.25, -0.2) is 23.2 Å². The standard InChI is InChI=1S/C24H33N5O5S/c1-16(2)35(32,33)24(8-9-24)20-14-21(29-11-13-34-15-17(29)3)28-22(27-20)18-4-6-19(7-5-18)26-23(31)25-10-12-30/h4-7,14,16-17,30H,8-13,15H2,1-3H3,(H2,25,26,31)/t17-/m0/s1. The largest absolute Gasteiger partial charge is 0.395 e. The highest BCUT2D eigenvalue weighted by Gasteiger charge is 2.58. The zero-order valence-electron chi connectivity index (χ0n) is 20.3. The summed E-state index contributed by atoms with van der Waals surface area (Å²) >= 11 is 0. The highest BCUT2D eigenvalue weighted by Crippen LogP contribution is 2.54. The van der Waals surface area contributed by atoms with Gasteiger partial charge in [-0.2, -0.15) is 0 Å². The summed E-state index contributed by atoms with van der Waals surface area (Å²) in [5, 5.41) is 13.6. The summed E-state index contributed by atoms with van der Waals surface area (Å²) in [4.78, 5) is 23.6. The van der Waals surface area contributed by atoms with Crippen LogP contribution in [-0.4, -0.2) is 73.7 Å². The van der Waals surface area contributed by atoms with Crippen molar-refractivity contribution in [1.82, 2.24) is 15.3 Å². The van der Waals surface area contributed by atoms with Crippen molar-refractivity contribution in [3.8, 4) is 11.4 Å². The van der Waals surface area contributed by atoms with Crippen LogP contribution in [0.3, 0.4) is 0 Å². The van der Waals surface area contributed by atoms with E-state index in [2.05, 4.69) is 22.5 Å². The van der Waals surface area contributed by atoms with E-state index in [1.807, 2.05) is 6.07 Å². The minimum atomic E-state index is -3.41. The van der Waals surface area contributed by atoms with Gasteiger partial charge in [0, 0.05) is 30.4 Å². The van der Waals surface area contributed by atoms with Gasteiger partial charge in [0.25, 0.3) is 0 Å². The van der Waals surface area contributed by atoms with Crippen LogP contribution in [0.2, 0.25) is 0 Å². The molecule has 1 saturated carbocycles. The fraction of sp³-hybridized carbons (Fsp3) is 0.542. The van der Waals surface area contributed by atoms with E-state index >= 15 is 0 Å². The number of nitrogens with one attached hydrogen (secondary N) is 2. The molecule has 1 saturated heterocycles. The van der Waals surface area contributed by atoms with E-state index < -0.39 is 25.9 Å². The van der Waals surface area contributed by atoms with Crippen molar-refractivity contribution < 1.29 is 23.1 Å². The van der Waals surface area contributed by atoms with Crippen molar-refractivity contribution in [2.45, 2.75) is 49.7 Å². The minimum Gasteiger partial charge on any atom is -0.395 e. The molecule has 0 radical (unpaired) electrons. The number of aromatic nitrogens is 2. The molecule has 2 aromatic rings. The maximum atomic E-state index is 13.3. The molecule has 1 aromatic heterocycles. The number of carbonyl (C=O) groups is 1. The quantitative estimate of drug-likeness (QED) is 0.500. The van der Waals surface area contributed by atoms with Crippen molar-refractivity contribution >= 4 is 27.4 Å². The van der Waals surface area contributed by atoms with Gasteiger partial charge in [-0.3, -0.25) is 0 Å². The molecule has 1 aromatic carbocycles. The third-order valence-corrected chi connectivity index (χ3v) is 9.46. The van der Waals surface area contributed by atoms with E-state index in [4.69, 9.17) is 19.8 Å². The Morgan fingerprint density at radius 1 is 1.26 bits per heavy atom. The molecule has 0 spiro atoms. The highest BCUT2D eigenvalue weighted by molar-refractivity contribution is 7.93. The third kappa shape index (κ3) is 5.12. The predicted octanol–water partition coefficient (Wildman–Crippen LogP) is 2.29. The number of sulfone groups is 1. The lowest BCUT2D eigenvalue weighted by Crippen LogP contribution is -2.44. The normalized spacial score (nSPS) is 19.5. The number of rotatable bonds is 8. The smallest absolute Gasteiger partial charge is 0.319 e. The van der Waals surface area contributed by atoms with Gasteiger partial charge in [0.1, 0.15) is 10.6 Å². The summed E-state index contributed by atoms with van der Waals surface area (Å²) < 4.78 is 31.2.